The number of ketones is 1. The number of hydrogen-bond donors (Lipinski definition) is 0. The fourth-order valence-electron chi connectivity index (χ4n) is 2.82. The first-order valence-corrected chi connectivity index (χ1v) is 6.72. The number of rotatable bonds is 6. The summed E-state index contributed by atoms with van der Waals surface area (Å²) in [6.45, 7) is 2.97. The first-order chi connectivity index (χ1) is 8.03. The minimum Gasteiger partial charge on any atom is -0.385 e. The van der Waals surface area contributed by atoms with Crippen LogP contribution < -0.4 is 0 Å². The van der Waals surface area contributed by atoms with E-state index in [9.17, 15) is 4.79 Å². The van der Waals surface area contributed by atoms with Crippen LogP contribution in [0.15, 0.2) is 0 Å². The molecule has 0 atom stereocenters. The molecule has 1 saturated carbocycles. The second kappa shape index (κ2) is 6.50. The quantitative estimate of drug-likeness (QED) is 0.669. The molecule has 0 spiro atoms. The van der Waals surface area contributed by atoms with Gasteiger partial charge in [0.25, 0.3) is 0 Å². The monoisotopic (exact) mass is 241 g/mol. The topological polar surface area (TPSA) is 29.5 Å². The van der Waals surface area contributed by atoms with Gasteiger partial charge in [-0.25, -0.2) is 0 Å². The zero-order chi connectivity index (χ0) is 12.9. The Bertz CT molecular complexity index is 243. The van der Waals surface area contributed by atoms with Crippen LogP contribution in [0.1, 0.15) is 45.4 Å². The number of carbonyl (C=O) groups is 1. The number of carbonyl (C=O) groups excluding carboxylic acids is 1. The van der Waals surface area contributed by atoms with E-state index in [1.165, 1.54) is 12.8 Å². The maximum absolute atomic E-state index is 12.4. The van der Waals surface area contributed by atoms with Crippen LogP contribution >= 0.6 is 0 Å². The molecule has 100 valence electrons. The summed E-state index contributed by atoms with van der Waals surface area (Å²) >= 11 is 0. The van der Waals surface area contributed by atoms with E-state index in [2.05, 4.69) is 11.8 Å². The fraction of sp³-hybridized carbons (Fsp3) is 0.929. The van der Waals surface area contributed by atoms with Gasteiger partial charge in [-0.3, -0.25) is 9.69 Å². The Kier molecular flexibility index (Phi) is 5.60. The molecule has 0 amide bonds. The lowest BCUT2D eigenvalue weighted by molar-refractivity contribution is -0.132. The van der Waals surface area contributed by atoms with Gasteiger partial charge in [0.2, 0.25) is 0 Å². The van der Waals surface area contributed by atoms with E-state index in [0.29, 0.717) is 18.8 Å². The maximum atomic E-state index is 12.4. The van der Waals surface area contributed by atoms with Crippen LogP contribution in [0.5, 0.6) is 0 Å². The zero-order valence-electron chi connectivity index (χ0n) is 11.8. The SMILES string of the molecule is COCCCC(=O)C1(N(C)C)CCC(C)CC1. The van der Waals surface area contributed by atoms with Crippen LogP contribution in [-0.2, 0) is 9.53 Å². The number of nitrogens with zero attached hydrogens (tertiary/aromatic N) is 1. The van der Waals surface area contributed by atoms with Gasteiger partial charge in [0.1, 0.15) is 0 Å². The lowest BCUT2D eigenvalue weighted by atomic mass is 9.73. The van der Waals surface area contributed by atoms with E-state index >= 15 is 0 Å². The molecule has 1 aliphatic carbocycles. The smallest absolute Gasteiger partial charge is 0.153 e. The number of likely N-dealkylation sites (N-methyl/N-ethyl adjacent to an activating group) is 1. The fourth-order valence-corrected chi connectivity index (χ4v) is 2.82. The van der Waals surface area contributed by atoms with Crippen molar-refractivity contribution in [2.75, 3.05) is 27.8 Å². The summed E-state index contributed by atoms with van der Waals surface area (Å²) in [5.74, 6) is 1.18. The molecule has 0 unspecified atom stereocenters. The maximum Gasteiger partial charge on any atom is 0.153 e. The van der Waals surface area contributed by atoms with Gasteiger partial charge in [-0.1, -0.05) is 6.92 Å². The van der Waals surface area contributed by atoms with Gasteiger partial charge in [0.05, 0.1) is 5.54 Å². The summed E-state index contributed by atoms with van der Waals surface area (Å²) in [5.41, 5.74) is -0.194. The Balaban J connectivity index is 2.61. The average Bonchev–Trinajstić information content (AvgIpc) is 2.30. The highest BCUT2D eigenvalue weighted by Crippen LogP contribution is 2.36. The molecule has 0 saturated heterocycles. The first-order valence-electron chi connectivity index (χ1n) is 6.72. The molecule has 1 fully saturated rings. The molecule has 0 radical (unpaired) electrons. The largest absolute Gasteiger partial charge is 0.385 e. The molecule has 0 aromatic carbocycles. The third kappa shape index (κ3) is 3.52. The van der Waals surface area contributed by atoms with Crippen LogP contribution in [0.2, 0.25) is 0 Å². The molecule has 17 heavy (non-hydrogen) atoms. The Hall–Kier alpha value is -0.410. The van der Waals surface area contributed by atoms with E-state index in [1.807, 2.05) is 14.1 Å². The van der Waals surface area contributed by atoms with Gasteiger partial charge >= 0.3 is 0 Å². The van der Waals surface area contributed by atoms with Crippen LogP contribution in [0, 0.1) is 5.92 Å². The summed E-state index contributed by atoms with van der Waals surface area (Å²) < 4.78 is 5.02. The summed E-state index contributed by atoms with van der Waals surface area (Å²) in [5, 5.41) is 0. The summed E-state index contributed by atoms with van der Waals surface area (Å²) in [4.78, 5) is 14.6. The lowest BCUT2D eigenvalue weighted by Gasteiger charge is -2.43. The van der Waals surface area contributed by atoms with E-state index in [4.69, 9.17) is 4.74 Å². The van der Waals surface area contributed by atoms with Crippen molar-refractivity contribution >= 4 is 5.78 Å². The standard InChI is InChI=1S/C14H27NO2/c1-12-7-9-14(10-8-12,15(2)3)13(16)6-5-11-17-4/h12H,5-11H2,1-4H3. The van der Waals surface area contributed by atoms with Crippen molar-refractivity contribution in [1.82, 2.24) is 4.90 Å². The highest BCUT2D eigenvalue weighted by atomic mass is 16.5. The zero-order valence-corrected chi connectivity index (χ0v) is 11.8. The molecule has 0 aromatic rings. The van der Waals surface area contributed by atoms with Gasteiger partial charge in [0, 0.05) is 20.1 Å². The normalized spacial score (nSPS) is 29.6. The van der Waals surface area contributed by atoms with E-state index < -0.39 is 0 Å². The molecule has 1 aliphatic rings. The van der Waals surface area contributed by atoms with Crippen molar-refractivity contribution in [3.05, 3.63) is 0 Å². The van der Waals surface area contributed by atoms with Crippen molar-refractivity contribution in [3.8, 4) is 0 Å². The molecular weight excluding hydrogens is 214 g/mol. The Labute approximate surface area is 106 Å². The average molecular weight is 241 g/mol. The molecule has 0 aliphatic heterocycles. The van der Waals surface area contributed by atoms with Crippen molar-refractivity contribution in [1.29, 1.82) is 0 Å². The molecule has 1 rings (SSSR count). The Morgan fingerprint density at radius 1 is 1.35 bits per heavy atom. The molecule has 3 nitrogen and oxygen atoms in total. The molecule has 0 N–H and O–H groups in total. The van der Waals surface area contributed by atoms with E-state index in [0.717, 1.165) is 25.2 Å². The minimum atomic E-state index is -0.194. The van der Waals surface area contributed by atoms with Crippen LogP contribution in [-0.4, -0.2) is 44.0 Å². The predicted octanol–water partition coefficient (Wildman–Crippen LogP) is 2.49. The van der Waals surface area contributed by atoms with Gasteiger partial charge < -0.3 is 4.74 Å². The van der Waals surface area contributed by atoms with Gasteiger partial charge in [-0.2, -0.15) is 0 Å². The van der Waals surface area contributed by atoms with Crippen LogP contribution in [0.4, 0.5) is 0 Å². The third-order valence-electron chi connectivity index (χ3n) is 4.23. The third-order valence-corrected chi connectivity index (χ3v) is 4.23. The minimum absolute atomic E-state index is 0.194. The number of hydrogen-bond acceptors (Lipinski definition) is 3. The van der Waals surface area contributed by atoms with Gasteiger partial charge in [-0.05, 0) is 52.1 Å². The highest BCUT2D eigenvalue weighted by Gasteiger charge is 2.41. The number of Topliss-reactive ketones (excluding diaryl/α,β-unsaturated/α-hetero) is 1. The second-order valence-corrected chi connectivity index (χ2v) is 5.63. The molecule has 0 bridgehead atoms. The summed E-state index contributed by atoms with van der Waals surface area (Å²) in [7, 11) is 5.78. The van der Waals surface area contributed by atoms with E-state index in [-0.39, 0.29) is 5.54 Å². The number of methoxy groups -OCH3 is 1. The molecule has 0 heterocycles. The molecular formula is C14H27NO2. The van der Waals surface area contributed by atoms with Crippen LogP contribution in [0.25, 0.3) is 0 Å². The highest BCUT2D eigenvalue weighted by molar-refractivity contribution is 5.88. The van der Waals surface area contributed by atoms with Gasteiger partial charge in [-0.15, -0.1) is 0 Å². The second-order valence-electron chi connectivity index (χ2n) is 5.63. The molecule has 0 aromatic heterocycles. The van der Waals surface area contributed by atoms with E-state index in [1.54, 1.807) is 7.11 Å². The summed E-state index contributed by atoms with van der Waals surface area (Å²) in [6, 6.07) is 0. The Morgan fingerprint density at radius 2 is 1.94 bits per heavy atom. The van der Waals surface area contributed by atoms with Crippen molar-refractivity contribution in [2.24, 2.45) is 5.92 Å². The predicted molar refractivity (Wildman–Crippen MR) is 70.2 cm³/mol. The number of ether oxygens (including phenoxy) is 1. The Morgan fingerprint density at radius 3 is 2.41 bits per heavy atom. The van der Waals surface area contributed by atoms with Gasteiger partial charge in [0.15, 0.2) is 5.78 Å². The van der Waals surface area contributed by atoms with Crippen molar-refractivity contribution in [2.45, 2.75) is 51.0 Å². The lowest BCUT2D eigenvalue weighted by Crippen LogP contribution is -2.53. The molecule has 3 heteroatoms. The summed E-state index contributed by atoms with van der Waals surface area (Å²) in [6.07, 6.45) is 5.89. The first kappa shape index (κ1) is 14.7. The van der Waals surface area contributed by atoms with Crippen LogP contribution in [0.3, 0.4) is 0 Å². The van der Waals surface area contributed by atoms with Crippen molar-refractivity contribution in [3.63, 3.8) is 0 Å². The van der Waals surface area contributed by atoms with Crippen molar-refractivity contribution < 1.29 is 9.53 Å².